The Morgan fingerprint density at radius 3 is 2.62 bits per heavy atom. The van der Waals surface area contributed by atoms with Crippen molar-refractivity contribution in [1.82, 2.24) is 4.98 Å². The largest absolute Gasteiger partial charge is 0.433 e. The number of carbonyl (C=O) groups is 1. The highest BCUT2D eigenvalue weighted by atomic mass is 79.9. The van der Waals surface area contributed by atoms with Crippen molar-refractivity contribution in [2.75, 3.05) is 0 Å². The molecule has 0 unspecified atom stereocenters. The minimum Gasteiger partial charge on any atom is -0.279 e. The maximum atomic E-state index is 12.2. The van der Waals surface area contributed by atoms with Gasteiger partial charge in [-0.3, -0.25) is 9.82 Å². The second kappa shape index (κ2) is 4.56. The maximum absolute atomic E-state index is 12.2. The molecule has 0 aromatic carbocycles. The fourth-order valence-electron chi connectivity index (χ4n) is 0.833. The van der Waals surface area contributed by atoms with E-state index in [1.807, 2.05) is 5.34 Å². The summed E-state index contributed by atoms with van der Waals surface area (Å²) in [7, 11) is 0. The van der Waals surface area contributed by atoms with Crippen LogP contribution in [0.5, 0.6) is 0 Å². The Morgan fingerprint density at radius 2 is 2.12 bits per heavy atom. The molecule has 1 aromatic heterocycles. The Labute approximate surface area is 94.7 Å². The van der Waals surface area contributed by atoms with E-state index in [0.717, 1.165) is 6.20 Å². The van der Waals surface area contributed by atoms with Gasteiger partial charge in [0.25, 0.3) is 0 Å². The molecule has 1 aromatic rings. The number of hydrogen-bond donors (Lipinski definition) is 0. The SMILES string of the molecule is O=NOC(=O)c1cc(C(F)(F)F)ncc1Br. The number of carbonyl (C=O) groups excluding carboxylic acids is 1. The Balaban J connectivity index is 3.18. The number of pyridine rings is 1. The van der Waals surface area contributed by atoms with Crippen LogP contribution in [0.4, 0.5) is 13.2 Å². The van der Waals surface area contributed by atoms with Crippen molar-refractivity contribution in [3.8, 4) is 0 Å². The van der Waals surface area contributed by atoms with Gasteiger partial charge in [0.15, 0.2) is 5.34 Å². The first-order valence-corrected chi connectivity index (χ1v) is 4.42. The van der Waals surface area contributed by atoms with Crippen LogP contribution in [-0.4, -0.2) is 11.0 Å². The number of nitrogens with zero attached hydrogens (tertiary/aromatic N) is 2. The standard InChI is InChI=1S/C7H2BrF3N2O3/c8-4-2-12-5(7(9,10)11)1-3(4)6(14)16-13-15/h1-2H. The molecular formula is C7H2BrF3N2O3. The molecule has 0 aliphatic carbocycles. The summed E-state index contributed by atoms with van der Waals surface area (Å²) in [5.41, 5.74) is -1.75. The van der Waals surface area contributed by atoms with E-state index in [4.69, 9.17) is 0 Å². The van der Waals surface area contributed by atoms with Gasteiger partial charge >= 0.3 is 12.1 Å². The van der Waals surface area contributed by atoms with Crippen molar-refractivity contribution in [2.45, 2.75) is 6.18 Å². The van der Waals surface area contributed by atoms with Gasteiger partial charge in [0.05, 0.1) is 10.0 Å². The van der Waals surface area contributed by atoms with Crippen molar-refractivity contribution in [3.63, 3.8) is 0 Å². The van der Waals surface area contributed by atoms with E-state index in [1.165, 1.54) is 0 Å². The summed E-state index contributed by atoms with van der Waals surface area (Å²) >= 11 is 2.79. The quantitative estimate of drug-likeness (QED) is 0.622. The summed E-state index contributed by atoms with van der Waals surface area (Å²) in [6.45, 7) is 0. The van der Waals surface area contributed by atoms with Crippen LogP contribution in [0.3, 0.4) is 0 Å². The summed E-state index contributed by atoms with van der Waals surface area (Å²) in [6, 6.07) is 0.456. The molecule has 0 amide bonds. The van der Waals surface area contributed by atoms with E-state index in [-0.39, 0.29) is 4.47 Å². The molecule has 0 fully saturated rings. The summed E-state index contributed by atoms with van der Waals surface area (Å²) in [4.78, 5) is 27.4. The second-order valence-corrected chi connectivity index (χ2v) is 3.35. The lowest BCUT2D eigenvalue weighted by Crippen LogP contribution is -2.11. The minimum atomic E-state index is -4.69. The van der Waals surface area contributed by atoms with Crippen LogP contribution in [-0.2, 0) is 11.0 Å². The zero-order valence-corrected chi connectivity index (χ0v) is 8.87. The molecule has 0 bridgehead atoms. The van der Waals surface area contributed by atoms with E-state index in [9.17, 15) is 22.9 Å². The monoisotopic (exact) mass is 298 g/mol. The van der Waals surface area contributed by atoms with Crippen molar-refractivity contribution in [1.29, 1.82) is 0 Å². The molecule has 86 valence electrons. The summed E-state index contributed by atoms with van der Waals surface area (Å²) in [5, 5.41) is 1.82. The van der Waals surface area contributed by atoms with Gasteiger partial charge in [0, 0.05) is 6.20 Å². The third-order valence-electron chi connectivity index (χ3n) is 1.49. The van der Waals surface area contributed by atoms with Crippen molar-refractivity contribution >= 4 is 21.9 Å². The Hall–Kier alpha value is -1.51. The predicted octanol–water partition coefficient (Wildman–Crippen LogP) is 2.70. The van der Waals surface area contributed by atoms with Crippen LogP contribution in [0, 0.1) is 4.91 Å². The van der Waals surface area contributed by atoms with Crippen LogP contribution >= 0.6 is 15.9 Å². The zero-order valence-electron chi connectivity index (χ0n) is 7.29. The van der Waals surface area contributed by atoms with E-state index in [2.05, 4.69) is 25.8 Å². The molecule has 0 N–H and O–H groups in total. The van der Waals surface area contributed by atoms with Crippen molar-refractivity contribution in [3.05, 3.63) is 32.9 Å². The zero-order chi connectivity index (χ0) is 12.3. The van der Waals surface area contributed by atoms with Gasteiger partial charge in [0.1, 0.15) is 5.69 Å². The van der Waals surface area contributed by atoms with Crippen LogP contribution in [0.15, 0.2) is 22.1 Å². The number of rotatable bonds is 2. The van der Waals surface area contributed by atoms with Crippen LogP contribution in [0.2, 0.25) is 0 Å². The number of hydrogen-bond acceptors (Lipinski definition) is 5. The van der Waals surface area contributed by atoms with Gasteiger partial charge in [-0.25, -0.2) is 4.79 Å². The Morgan fingerprint density at radius 1 is 1.50 bits per heavy atom. The number of alkyl halides is 3. The molecule has 1 heterocycles. The van der Waals surface area contributed by atoms with Gasteiger partial charge in [-0.05, 0) is 22.0 Å². The van der Waals surface area contributed by atoms with Crippen molar-refractivity contribution in [2.24, 2.45) is 5.34 Å². The van der Waals surface area contributed by atoms with E-state index >= 15 is 0 Å². The average Bonchev–Trinajstić information content (AvgIpc) is 2.16. The topological polar surface area (TPSA) is 68.6 Å². The summed E-state index contributed by atoms with van der Waals surface area (Å²) in [6.07, 6.45) is -3.91. The second-order valence-electron chi connectivity index (χ2n) is 2.50. The molecule has 0 radical (unpaired) electrons. The average molecular weight is 299 g/mol. The van der Waals surface area contributed by atoms with Gasteiger partial charge in [-0.15, -0.1) is 4.91 Å². The lowest BCUT2D eigenvalue weighted by molar-refractivity contribution is -0.141. The smallest absolute Gasteiger partial charge is 0.279 e. The molecule has 0 atom stereocenters. The fourth-order valence-corrected chi connectivity index (χ4v) is 1.21. The number of aromatic nitrogens is 1. The molecule has 0 saturated heterocycles. The van der Waals surface area contributed by atoms with Crippen LogP contribution < -0.4 is 0 Å². The molecule has 0 saturated carbocycles. The van der Waals surface area contributed by atoms with Gasteiger partial charge in [-0.1, -0.05) is 0 Å². The Bertz CT molecular complexity index is 435. The highest BCUT2D eigenvalue weighted by Gasteiger charge is 2.33. The lowest BCUT2D eigenvalue weighted by atomic mass is 10.2. The molecule has 1 rings (SSSR count). The van der Waals surface area contributed by atoms with Gasteiger partial charge in [0.2, 0.25) is 0 Å². The van der Waals surface area contributed by atoms with Crippen LogP contribution in [0.1, 0.15) is 16.1 Å². The normalized spacial score (nSPS) is 11.0. The first kappa shape index (κ1) is 12.6. The highest BCUT2D eigenvalue weighted by Crippen LogP contribution is 2.30. The first-order valence-electron chi connectivity index (χ1n) is 3.63. The van der Waals surface area contributed by atoms with Gasteiger partial charge < -0.3 is 0 Å². The number of halogens is 4. The van der Waals surface area contributed by atoms with Gasteiger partial charge in [-0.2, -0.15) is 13.2 Å². The van der Waals surface area contributed by atoms with E-state index in [0.29, 0.717) is 6.07 Å². The lowest BCUT2D eigenvalue weighted by Gasteiger charge is -2.07. The van der Waals surface area contributed by atoms with E-state index < -0.39 is 23.4 Å². The molecule has 16 heavy (non-hydrogen) atoms. The van der Waals surface area contributed by atoms with Crippen LogP contribution in [0.25, 0.3) is 0 Å². The summed E-state index contributed by atoms with van der Waals surface area (Å²) in [5.74, 6) is -1.30. The third-order valence-corrected chi connectivity index (χ3v) is 2.12. The minimum absolute atomic E-state index is 0.0332. The Kier molecular flexibility index (Phi) is 3.58. The predicted molar refractivity (Wildman–Crippen MR) is 48.1 cm³/mol. The molecule has 0 aliphatic rings. The first-order chi connectivity index (χ1) is 7.36. The molecule has 5 nitrogen and oxygen atoms in total. The summed E-state index contributed by atoms with van der Waals surface area (Å²) < 4.78 is 36.7. The highest BCUT2D eigenvalue weighted by molar-refractivity contribution is 9.10. The third kappa shape index (κ3) is 2.75. The molecule has 0 spiro atoms. The van der Waals surface area contributed by atoms with E-state index in [1.54, 1.807) is 0 Å². The molecule has 0 aliphatic heterocycles. The van der Waals surface area contributed by atoms with Crippen molar-refractivity contribution < 1.29 is 22.8 Å². The fraction of sp³-hybridized carbons (Fsp3) is 0.143. The maximum Gasteiger partial charge on any atom is 0.433 e. The molecule has 9 heteroatoms. The molecular weight excluding hydrogens is 297 g/mol.